The molecule has 10 heteroatoms. The third-order valence-electron chi connectivity index (χ3n) is 5.01. The Balaban J connectivity index is 1.90. The highest BCUT2D eigenvalue weighted by Gasteiger charge is 2.55. The van der Waals surface area contributed by atoms with Gasteiger partial charge in [0.15, 0.2) is 0 Å². The van der Waals surface area contributed by atoms with Gasteiger partial charge in [-0.25, -0.2) is 9.18 Å². The lowest BCUT2D eigenvalue weighted by molar-refractivity contribution is -0.187. The van der Waals surface area contributed by atoms with Gasteiger partial charge in [0.05, 0.1) is 35.9 Å². The summed E-state index contributed by atoms with van der Waals surface area (Å²) in [5.41, 5.74) is -0.480. The highest BCUT2D eigenvalue weighted by molar-refractivity contribution is 6.42. The van der Waals surface area contributed by atoms with Crippen LogP contribution in [0.4, 0.5) is 4.39 Å². The zero-order valence-corrected chi connectivity index (χ0v) is 18.5. The minimum Gasteiger partial charge on any atom is -0.478 e. The number of esters is 1. The van der Waals surface area contributed by atoms with Crippen LogP contribution in [0.1, 0.15) is 36.5 Å². The number of nitrogens with zero attached hydrogens (tertiary/aromatic N) is 1. The summed E-state index contributed by atoms with van der Waals surface area (Å²) >= 11 is 12.2. The number of oxime groups is 1. The van der Waals surface area contributed by atoms with E-state index in [-0.39, 0.29) is 30.9 Å². The van der Waals surface area contributed by atoms with Crippen LogP contribution in [0.15, 0.2) is 47.6 Å². The van der Waals surface area contributed by atoms with E-state index < -0.39 is 29.5 Å². The Kier molecular flexibility index (Phi) is 7.71. The molecule has 0 amide bonds. The summed E-state index contributed by atoms with van der Waals surface area (Å²) in [4.78, 5) is 29.3. The van der Waals surface area contributed by atoms with Crippen molar-refractivity contribution < 1.29 is 33.4 Å². The summed E-state index contributed by atoms with van der Waals surface area (Å²) in [6.45, 7) is -0.0267. The summed E-state index contributed by atoms with van der Waals surface area (Å²) in [6, 6.07) is 10.2. The van der Waals surface area contributed by atoms with Crippen LogP contribution in [0.2, 0.25) is 10.0 Å². The van der Waals surface area contributed by atoms with Gasteiger partial charge in [-0.2, -0.15) is 0 Å². The minimum absolute atomic E-state index is 0.0267. The van der Waals surface area contributed by atoms with Crippen LogP contribution < -0.4 is 0 Å². The van der Waals surface area contributed by atoms with Gasteiger partial charge in [-0.1, -0.05) is 46.6 Å². The van der Waals surface area contributed by atoms with Crippen LogP contribution in [0.5, 0.6) is 0 Å². The van der Waals surface area contributed by atoms with E-state index in [0.29, 0.717) is 21.9 Å². The molecule has 0 saturated carbocycles. The van der Waals surface area contributed by atoms with Crippen molar-refractivity contribution in [3.63, 3.8) is 0 Å². The third kappa shape index (κ3) is 5.38. The van der Waals surface area contributed by atoms with Crippen molar-refractivity contribution >= 4 is 40.9 Å². The van der Waals surface area contributed by atoms with E-state index in [1.807, 2.05) is 0 Å². The zero-order chi connectivity index (χ0) is 23.3. The number of carbonyl (C=O) groups is 2. The number of carboxylic acids is 1. The lowest BCUT2D eigenvalue weighted by Gasteiger charge is -2.31. The fourth-order valence-corrected chi connectivity index (χ4v) is 3.61. The monoisotopic (exact) mass is 483 g/mol. The van der Waals surface area contributed by atoms with Gasteiger partial charge in [0, 0.05) is 6.42 Å². The molecule has 0 radical (unpaired) electrons. The molecule has 2 aromatic carbocycles. The number of halogens is 3. The summed E-state index contributed by atoms with van der Waals surface area (Å²) < 4.78 is 23.8. The molecule has 1 aliphatic heterocycles. The van der Waals surface area contributed by atoms with Gasteiger partial charge in [-0.05, 0) is 41.8 Å². The second-order valence-corrected chi connectivity index (χ2v) is 8.00. The van der Waals surface area contributed by atoms with Crippen molar-refractivity contribution in [2.75, 3.05) is 7.11 Å². The molecule has 0 saturated heterocycles. The summed E-state index contributed by atoms with van der Waals surface area (Å²) in [5, 5.41) is 14.5. The number of methoxy groups -OCH3 is 1. The maximum Gasteiger partial charge on any atom is 0.354 e. The molecule has 7 nitrogen and oxygen atoms in total. The first-order chi connectivity index (χ1) is 15.2. The minimum atomic E-state index is -1.90. The Morgan fingerprint density at radius 2 is 1.94 bits per heavy atom. The number of hydrogen-bond donors (Lipinski definition) is 1. The number of benzene rings is 2. The summed E-state index contributed by atoms with van der Waals surface area (Å²) in [7, 11) is 1.26. The van der Waals surface area contributed by atoms with Crippen LogP contribution in [-0.2, 0) is 30.5 Å². The molecule has 0 aromatic heterocycles. The average molecular weight is 484 g/mol. The SMILES string of the molecule is COC(=O)CCC1=NOC(C(=O)O)(C(OCc2ccc(F)cc2)c2ccc(Cl)c(Cl)c2)C1. The number of carbonyl (C=O) groups excluding carboxylic acids is 1. The van der Waals surface area contributed by atoms with Crippen molar-refractivity contribution in [2.24, 2.45) is 5.16 Å². The van der Waals surface area contributed by atoms with Crippen LogP contribution in [0, 0.1) is 5.82 Å². The zero-order valence-electron chi connectivity index (χ0n) is 17.0. The van der Waals surface area contributed by atoms with E-state index in [0.717, 1.165) is 0 Å². The fourth-order valence-electron chi connectivity index (χ4n) is 3.30. The highest BCUT2D eigenvalue weighted by atomic mass is 35.5. The van der Waals surface area contributed by atoms with Gasteiger partial charge in [0.25, 0.3) is 5.60 Å². The van der Waals surface area contributed by atoms with Crippen molar-refractivity contribution in [3.8, 4) is 0 Å². The van der Waals surface area contributed by atoms with E-state index in [1.165, 1.54) is 43.5 Å². The molecule has 1 N–H and O–H groups in total. The van der Waals surface area contributed by atoms with Gasteiger partial charge in [0.1, 0.15) is 11.9 Å². The van der Waals surface area contributed by atoms with Crippen molar-refractivity contribution in [1.82, 2.24) is 0 Å². The van der Waals surface area contributed by atoms with Gasteiger partial charge in [0.2, 0.25) is 0 Å². The second kappa shape index (κ2) is 10.3. The largest absolute Gasteiger partial charge is 0.478 e. The third-order valence-corrected chi connectivity index (χ3v) is 5.75. The molecule has 2 unspecified atom stereocenters. The number of aliphatic carboxylic acids is 1. The molecule has 2 atom stereocenters. The van der Waals surface area contributed by atoms with Crippen LogP contribution in [-0.4, -0.2) is 35.5 Å². The van der Waals surface area contributed by atoms with Crippen molar-refractivity contribution in [1.29, 1.82) is 0 Å². The van der Waals surface area contributed by atoms with E-state index in [1.54, 1.807) is 6.07 Å². The maximum absolute atomic E-state index is 13.2. The van der Waals surface area contributed by atoms with Crippen LogP contribution in [0.3, 0.4) is 0 Å². The standard InChI is InChI=1S/C22H20Cl2FNO6/c1-30-19(27)9-7-16-11-22(21(28)29,32-26-16)20(14-4-8-17(23)18(24)10-14)31-12-13-2-5-15(25)6-3-13/h2-6,8,10,20H,7,9,11-12H2,1H3,(H,28,29). The molecule has 1 heterocycles. The maximum atomic E-state index is 13.2. The van der Waals surface area contributed by atoms with E-state index in [2.05, 4.69) is 9.89 Å². The lowest BCUT2D eigenvalue weighted by atomic mass is 9.85. The molecule has 0 spiro atoms. The molecule has 2 aromatic rings. The molecule has 3 rings (SSSR count). The van der Waals surface area contributed by atoms with Gasteiger partial charge in [-0.15, -0.1) is 0 Å². The molecule has 0 bridgehead atoms. The molecule has 0 aliphatic carbocycles. The highest BCUT2D eigenvalue weighted by Crippen LogP contribution is 2.42. The molecule has 1 aliphatic rings. The van der Waals surface area contributed by atoms with E-state index >= 15 is 0 Å². The average Bonchev–Trinajstić information content (AvgIpc) is 3.21. The van der Waals surface area contributed by atoms with Crippen molar-refractivity contribution in [3.05, 3.63) is 69.5 Å². The Labute approximate surface area is 193 Å². The number of ether oxygens (including phenoxy) is 2. The normalized spacial score (nSPS) is 18.6. The van der Waals surface area contributed by atoms with Crippen molar-refractivity contribution in [2.45, 2.75) is 37.6 Å². The Bertz CT molecular complexity index is 1030. The number of carboxylic acid groups (broad SMARTS) is 1. The van der Waals surface area contributed by atoms with E-state index in [9.17, 15) is 19.1 Å². The van der Waals surface area contributed by atoms with Gasteiger partial charge < -0.3 is 19.4 Å². The van der Waals surface area contributed by atoms with E-state index in [4.69, 9.17) is 32.8 Å². The predicted molar refractivity (Wildman–Crippen MR) is 115 cm³/mol. The summed E-state index contributed by atoms with van der Waals surface area (Å²) in [6.07, 6.45) is -1.05. The second-order valence-electron chi connectivity index (χ2n) is 7.19. The van der Waals surface area contributed by atoms with Crippen LogP contribution in [0.25, 0.3) is 0 Å². The first-order valence-electron chi connectivity index (χ1n) is 9.60. The summed E-state index contributed by atoms with van der Waals surface area (Å²) in [5.74, 6) is -2.15. The molecule has 32 heavy (non-hydrogen) atoms. The molecular formula is C22H20Cl2FNO6. The quantitative estimate of drug-likeness (QED) is 0.507. The van der Waals surface area contributed by atoms with Gasteiger partial charge >= 0.3 is 11.9 Å². The first-order valence-corrected chi connectivity index (χ1v) is 10.4. The van der Waals surface area contributed by atoms with Crippen LogP contribution >= 0.6 is 23.2 Å². The number of rotatable bonds is 9. The predicted octanol–water partition coefficient (Wildman–Crippen LogP) is 4.94. The fraction of sp³-hybridized carbons (Fsp3) is 0.318. The smallest absolute Gasteiger partial charge is 0.354 e. The Hall–Kier alpha value is -2.68. The molecule has 170 valence electrons. The molecule has 0 fully saturated rings. The van der Waals surface area contributed by atoms with Gasteiger partial charge in [-0.3, -0.25) is 4.79 Å². The Morgan fingerprint density at radius 3 is 2.56 bits per heavy atom. The first kappa shape index (κ1) is 24.0. The lowest BCUT2D eigenvalue weighted by Crippen LogP contribution is -2.46. The topological polar surface area (TPSA) is 94.4 Å². The molecular weight excluding hydrogens is 464 g/mol. The Morgan fingerprint density at radius 1 is 1.22 bits per heavy atom. The number of hydrogen-bond acceptors (Lipinski definition) is 6.